The highest BCUT2D eigenvalue weighted by molar-refractivity contribution is 5.82. The molecule has 0 bridgehead atoms. The molecule has 3 atom stereocenters. The molecule has 0 aromatic heterocycles. The molecule has 0 saturated carbocycles. The lowest BCUT2D eigenvalue weighted by atomic mass is 10.0. The average Bonchev–Trinajstić information content (AvgIpc) is 3.32. The lowest BCUT2D eigenvalue weighted by Crippen LogP contribution is -2.51. The molecule has 2 amide bonds. The minimum Gasteiger partial charge on any atom is -0.467 e. The first-order valence-corrected chi connectivity index (χ1v) is 10.4. The molecule has 9 heteroatoms. The van der Waals surface area contributed by atoms with Gasteiger partial charge in [-0.15, -0.1) is 0 Å². The number of benzene rings is 1. The molecule has 2 heterocycles. The van der Waals surface area contributed by atoms with Crippen LogP contribution in [0.1, 0.15) is 38.7 Å². The van der Waals surface area contributed by atoms with E-state index >= 15 is 0 Å². The van der Waals surface area contributed by atoms with Crippen molar-refractivity contribution >= 4 is 18.2 Å². The number of carbonyl (C=O) groups is 3. The fourth-order valence-electron chi connectivity index (χ4n) is 4.39. The van der Waals surface area contributed by atoms with Gasteiger partial charge < -0.3 is 18.9 Å². The average molecular weight is 434 g/mol. The number of esters is 1. The fourth-order valence-corrected chi connectivity index (χ4v) is 4.39. The summed E-state index contributed by atoms with van der Waals surface area (Å²) in [5.74, 6) is -0.477. The monoisotopic (exact) mass is 434 g/mol. The van der Waals surface area contributed by atoms with Crippen molar-refractivity contribution in [1.29, 1.82) is 0 Å². The van der Waals surface area contributed by atoms with Crippen LogP contribution in [0.3, 0.4) is 0 Å². The van der Waals surface area contributed by atoms with Crippen LogP contribution < -0.4 is 0 Å². The van der Waals surface area contributed by atoms with Crippen molar-refractivity contribution in [3.05, 3.63) is 35.9 Å². The molecule has 0 aliphatic carbocycles. The Morgan fingerprint density at radius 1 is 1.03 bits per heavy atom. The molecule has 0 spiro atoms. The predicted molar refractivity (Wildman–Crippen MR) is 110 cm³/mol. The summed E-state index contributed by atoms with van der Waals surface area (Å²) in [6.07, 6.45) is 0.435. The molecule has 2 saturated heterocycles. The van der Waals surface area contributed by atoms with Crippen molar-refractivity contribution < 1.29 is 33.3 Å². The van der Waals surface area contributed by atoms with Crippen LogP contribution in [0.25, 0.3) is 0 Å². The van der Waals surface area contributed by atoms with Gasteiger partial charge in [-0.25, -0.2) is 14.4 Å². The first-order chi connectivity index (χ1) is 14.8. The van der Waals surface area contributed by atoms with Crippen LogP contribution >= 0.6 is 0 Å². The molecule has 31 heavy (non-hydrogen) atoms. The smallest absolute Gasteiger partial charge is 0.412 e. The van der Waals surface area contributed by atoms with E-state index in [0.717, 1.165) is 5.56 Å². The number of likely N-dealkylation sites (tertiary alicyclic amines) is 1. The lowest BCUT2D eigenvalue weighted by molar-refractivity contribution is -0.145. The molecule has 2 aliphatic heterocycles. The van der Waals surface area contributed by atoms with Gasteiger partial charge in [-0.3, -0.25) is 9.80 Å². The van der Waals surface area contributed by atoms with Crippen molar-refractivity contribution in [1.82, 2.24) is 9.80 Å². The number of amides is 2. The summed E-state index contributed by atoms with van der Waals surface area (Å²) in [7, 11) is 2.57. The Bertz CT molecular complexity index is 798. The number of methoxy groups -OCH3 is 2. The van der Waals surface area contributed by atoms with Crippen LogP contribution in [-0.2, 0) is 30.3 Å². The van der Waals surface area contributed by atoms with E-state index in [1.165, 1.54) is 19.1 Å². The van der Waals surface area contributed by atoms with Crippen molar-refractivity contribution in [2.75, 3.05) is 20.8 Å². The van der Waals surface area contributed by atoms with Crippen LogP contribution in [0, 0.1) is 0 Å². The van der Waals surface area contributed by atoms with Crippen LogP contribution in [-0.4, -0.2) is 72.6 Å². The van der Waals surface area contributed by atoms with Gasteiger partial charge in [0.1, 0.15) is 18.4 Å². The van der Waals surface area contributed by atoms with Crippen LogP contribution in [0.15, 0.2) is 30.3 Å². The molecule has 0 N–H and O–H groups in total. The van der Waals surface area contributed by atoms with Gasteiger partial charge in [0, 0.05) is 6.04 Å². The van der Waals surface area contributed by atoms with Gasteiger partial charge in [0.15, 0.2) is 0 Å². The zero-order valence-corrected chi connectivity index (χ0v) is 18.4. The molecule has 1 aromatic rings. The Morgan fingerprint density at radius 2 is 1.74 bits per heavy atom. The lowest BCUT2D eigenvalue weighted by Gasteiger charge is -2.35. The second kappa shape index (κ2) is 9.55. The summed E-state index contributed by atoms with van der Waals surface area (Å²) in [5, 5.41) is 0. The second-order valence-electron chi connectivity index (χ2n) is 8.20. The number of ether oxygens (including phenoxy) is 4. The maximum absolute atomic E-state index is 13.0. The van der Waals surface area contributed by atoms with E-state index in [-0.39, 0.29) is 18.7 Å². The minimum absolute atomic E-state index is 0.154. The van der Waals surface area contributed by atoms with Crippen molar-refractivity contribution in [2.24, 2.45) is 0 Å². The SMILES string of the molecule is COC(=O)[C@@H]1CC[C@H](C[C@H]2COC(C)(C)N2C(=O)OCc2ccccc2)N1C(=O)OC. The van der Waals surface area contributed by atoms with Crippen LogP contribution in [0.2, 0.25) is 0 Å². The van der Waals surface area contributed by atoms with E-state index in [2.05, 4.69) is 0 Å². The maximum Gasteiger partial charge on any atom is 0.412 e. The quantitative estimate of drug-likeness (QED) is 0.519. The molecule has 0 radical (unpaired) electrons. The topological polar surface area (TPSA) is 94.6 Å². The Balaban J connectivity index is 1.72. The second-order valence-corrected chi connectivity index (χ2v) is 8.20. The molecule has 9 nitrogen and oxygen atoms in total. The summed E-state index contributed by atoms with van der Waals surface area (Å²) in [4.78, 5) is 40.5. The standard InChI is InChI=1S/C22H30N2O7/c1-22(2)24(21(27)30-13-15-8-6-5-7-9-15)17(14-31-22)12-16-10-11-18(19(25)28-3)23(16)20(26)29-4/h5-9,16-18H,10-14H2,1-4H3/t16-,17+,18+/m1/s1. The number of nitrogens with zero attached hydrogens (tertiary/aromatic N) is 2. The molecular formula is C22H30N2O7. The normalized spacial score (nSPS) is 24.7. The van der Waals surface area contributed by atoms with E-state index in [0.29, 0.717) is 25.9 Å². The highest BCUT2D eigenvalue weighted by atomic mass is 16.6. The fraction of sp³-hybridized carbons (Fsp3) is 0.591. The number of rotatable bonds is 5. The third-order valence-corrected chi connectivity index (χ3v) is 5.88. The van der Waals surface area contributed by atoms with Gasteiger partial charge in [-0.1, -0.05) is 30.3 Å². The number of hydrogen-bond acceptors (Lipinski definition) is 7. The van der Waals surface area contributed by atoms with Crippen LogP contribution in [0.5, 0.6) is 0 Å². The summed E-state index contributed by atoms with van der Waals surface area (Å²) in [6, 6.07) is 8.13. The van der Waals surface area contributed by atoms with Crippen molar-refractivity contribution in [2.45, 2.75) is 63.6 Å². The van der Waals surface area contributed by atoms with Gasteiger partial charge in [0.05, 0.1) is 26.9 Å². The van der Waals surface area contributed by atoms with E-state index < -0.39 is 29.9 Å². The highest BCUT2D eigenvalue weighted by Gasteiger charge is 2.49. The van der Waals surface area contributed by atoms with Crippen molar-refractivity contribution in [3.8, 4) is 0 Å². The Labute approximate surface area is 182 Å². The van der Waals surface area contributed by atoms with E-state index in [9.17, 15) is 14.4 Å². The van der Waals surface area contributed by atoms with Crippen molar-refractivity contribution in [3.63, 3.8) is 0 Å². The molecule has 3 rings (SSSR count). The molecule has 0 unspecified atom stereocenters. The van der Waals surface area contributed by atoms with Crippen LogP contribution in [0.4, 0.5) is 9.59 Å². The first kappa shape index (κ1) is 22.9. The van der Waals surface area contributed by atoms with Gasteiger partial charge in [0.25, 0.3) is 0 Å². The zero-order valence-electron chi connectivity index (χ0n) is 18.4. The van der Waals surface area contributed by atoms with Gasteiger partial charge in [-0.05, 0) is 38.7 Å². The van der Waals surface area contributed by atoms with Gasteiger partial charge >= 0.3 is 18.2 Å². The molecular weight excluding hydrogens is 404 g/mol. The highest BCUT2D eigenvalue weighted by Crippen LogP contribution is 2.35. The largest absolute Gasteiger partial charge is 0.467 e. The summed E-state index contributed by atoms with van der Waals surface area (Å²) in [5.41, 5.74) is 0.0356. The summed E-state index contributed by atoms with van der Waals surface area (Å²) in [6.45, 7) is 4.07. The first-order valence-electron chi connectivity index (χ1n) is 10.4. The van der Waals surface area contributed by atoms with Gasteiger partial charge in [0.2, 0.25) is 0 Å². The Hall–Kier alpha value is -2.81. The molecule has 2 aliphatic rings. The molecule has 2 fully saturated rings. The van der Waals surface area contributed by atoms with E-state index in [1.54, 1.807) is 18.7 Å². The van der Waals surface area contributed by atoms with E-state index in [4.69, 9.17) is 18.9 Å². The summed E-state index contributed by atoms with van der Waals surface area (Å²) >= 11 is 0. The zero-order chi connectivity index (χ0) is 22.6. The third-order valence-electron chi connectivity index (χ3n) is 5.88. The number of hydrogen-bond donors (Lipinski definition) is 0. The Kier molecular flexibility index (Phi) is 7.04. The number of carbonyl (C=O) groups excluding carboxylic acids is 3. The predicted octanol–water partition coefficient (Wildman–Crippen LogP) is 2.92. The summed E-state index contributed by atoms with van der Waals surface area (Å²) < 4.78 is 21.2. The minimum atomic E-state index is -0.852. The third kappa shape index (κ3) is 4.92. The maximum atomic E-state index is 13.0. The van der Waals surface area contributed by atoms with Gasteiger partial charge in [-0.2, -0.15) is 0 Å². The molecule has 1 aromatic carbocycles. The van der Waals surface area contributed by atoms with E-state index in [1.807, 2.05) is 30.3 Å². The molecule has 170 valence electrons. The Morgan fingerprint density at radius 3 is 2.39 bits per heavy atom.